The Kier molecular flexibility index (Phi) is 6.13. The topological polar surface area (TPSA) is 51.6 Å². The molecule has 32 heavy (non-hydrogen) atoms. The normalized spacial score (nSPS) is 20.3. The first-order valence-electron chi connectivity index (χ1n) is 11.7. The number of aromatic nitrogens is 1. The van der Waals surface area contributed by atoms with Crippen molar-refractivity contribution in [2.75, 3.05) is 7.11 Å². The predicted octanol–water partition coefficient (Wildman–Crippen LogP) is 5.57. The maximum atomic E-state index is 9.64. The molecule has 2 unspecified atom stereocenters. The van der Waals surface area contributed by atoms with E-state index in [-0.39, 0.29) is 12.7 Å². The SMILES string of the molecule is COc1ccc(C2Cc3cc(CO)ccc3C2Cc2ccccn2)cc1OC1CCCC1. The summed E-state index contributed by atoms with van der Waals surface area (Å²) >= 11 is 0. The van der Waals surface area contributed by atoms with Crippen LogP contribution in [0.15, 0.2) is 60.8 Å². The average molecular weight is 430 g/mol. The second kappa shape index (κ2) is 9.33. The maximum Gasteiger partial charge on any atom is 0.161 e. The summed E-state index contributed by atoms with van der Waals surface area (Å²) in [7, 11) is 1.71. The Morgan fingerprint density at radius 1 is 1.00 bits per heavy atom. The van der Waals surface area contributed by atoms with Crippen LogP contribution in [0.1, 0.15) is 65.5 Å². The van der Waals surface area contributed by atoms with Gasteiger partial charge in [-0.3, -0.25) is 4.98 Å². The smallest absolute Gasteiger partial charge is 0.161 e. The highest BCUT2D eigenvalue weighted by atomic mass is 16.5. The molecule has 3 aromatic rings. The minimum Gasteiger partial charge on any atom is -0.493 e. The molecule has 2 aliphatic rings. The number of aliphatic hydroxyl groups excluding tert-OH is 1. The summed E-state index contributed by atoms with van der Waals surface area (Å²) in [5, 5.41) is 9.64. The van der Waals surface area contributed by atoms with Crippen LogP contribution in [0.3, 0.4) is 0 Å². The highest BCUT2D eigenvalue weighted by Crippen LogP contribution is 2.47. The van der Waals surface area contributed by atoms with E-state index in [0.29, 0.717) is 11.8 Å². The van der Waals surface area contributed by atoms with E-state index < -0.39 is 0 Å². The molecule has 4 heteroatoms. The largest absolute Gasteiger partial charge is 0.493 e. The van der Waals surface area contributed by atoms with E-state index in [0.717, 1.165) is 48.4 Å². The summed E-state index contributed by atoms with van der Waals surface area (Å²) in [5.41, 5.74) is 6.06. The molecule has 0 saturated heterocycles. The van der Waals surface area contributed by atoms with Crippen LogP contribution in [0, 0.1) is 0 Å². The fourth-order valence-corrected chi connectivity index (χ4v) is 5.44. The third kappa shape index (κ3) is 4.24. The van der Waals surface area contributed by atoms with Gasteiger partial charge in [0.25, 0.3) is 0 Å². The Hall–Kier alpha value is -2.85. The van der Waals surface area contributed by atoms with Crippen molar-refractivity contribution in [1.29, 1.82) is 0 Å². The van der Waals surface area contributed by atoms with Crippen molar-refractivity contribution < 1.29 is 14.6 Å². The molecule has 0 aliphatic heterocycles. The summed E-state index contributed by atoms with van der Waals surface area (Å²) in [6, 6.07) is 19.0. The number of rotatable bonds is 7. The van der Waals surface area contributed by atoms with Crippen LogP contribution in [0.5, 0.6) is 11.5 Å². The van der Waals surface area contributed by atoms with Gasteiger partial charge in [0.2, 0.25) is 0 Å². The number of methoxy groups -OCH3 is 1. The Morgan fingerprint density at radius 2 is 1.88 bits per heavy atom. The molecule has 1 aromatic heterocycles. The molecule has 0 amide bonds. The first-order valence-corrected chi connectivity index (χ1v) is 11.7. The number of ether oxygens (including phenoxy) is 2. The first-order chi connectivity index (χ1) is 15.7. The third-order valence-corrected chi connectivity index (χ3v) is 7.08. The first kappa shape index (κ1) is 21.0. The van der Waals surface area contributed by atoms with E-state index in [2.05, 4.69) is 53.5 Å². The van der Waals surface area contributed by atoms with E-state index in [9.17, 15) is 5.11 Å². The lowest BCUT2D eigenvalue weighted by atomic mass is 9.83. The zero-order chi connectivity index (χ0) is 21.9. The van der Waals surface area contributed by atoms with Crippen molar-refractivity contribution in [2.45, 2.75) is 63.1 Å². The van der Waals surface area contributed by atoms with E-state index >= 15 is 0 Å². The number of benzene rings is 2. The lowest BCUT2D eigenvalue weighted by molar-refractivity contribution is 0.200. The zero-order valence-electron chi connectivity index (χ0n) is 18.7. The lowest BCUT2D eigenvalue weighted by Crippen LogP contribution is -2.13. The Labute approximate surface area is 190 Å². The molecule has 1 fully saturated rings. The van der Waals surface area contributed by atoms with Crippen molar-refractivity contribution in [3.05, 3.63) is 88.7 Å². The van der Waals surface area contributed by atoms with E-state index in [1.165, 1.54) is 29.5 Å². The van der Waals surface area contributed by atoms with Crippen molar-refractivity contribution in [2.24, 2.45) is 0 Å². The zero-order valence-corrected chi connectivity index (χ0v) is 18.7. The van der Waals surface area contributed by atoms with Gasteiger partial charge in [-0.25, -0.2) is 0 Å². The van der Waals surface area contributed by atoms with Gasteiger partial charge in [0, 0.05) is 11.9 Å². The van der Waals surface area contributed by atoms with Crippen LogP contribution in [-0.2, 0) is 19.4 Å². The van der Waals surface area contributed by atoms with E-state index in [1.54, 1.807) is 7.11 Å². The molecule has 0 radical (unpaired) electrons. The third-order valence-electron chi connectivity index (χ3n) is 7.08. The van der Waals surface area contributed by atoms with Crippen LogP contribution >= 0.6 is 0 Å². The van der Waals surface area contributed by atoms with Gasteiger partial charge >= 0.3 is 0 Å². The molecule has 1 saturated carbocycles. The summed E-state index contributed by atoms with van der Waals surface area (Å²) in [6.45, 7) is 0.0742. The van der Waals surface area contributed by atoms with E-state index in [4.69, 9.17) is 9.47 Å². The van der Waals surface area contributed by atoms with Crippen molar-refractivity contribution in [3.63, 3.8) is 0 Å². The van der Waals surface area contributed by atoms with Gasteiger partial charge in [-0.1, -0.05) is 30.3 Å². The summed E-state index contributed by atoms with van der Waals surface area (Å²) in [4.78, 5) is 4.61. The maximum absolute atomic E-state index is 9.64. The standard InChI is InChI=1S/C28H31NO3/c1-31-27-12-10-20(16-28(27)32-23-7-2-3-8-23)25-15-21-14-19(18-30)9-11-24(21)26(25)17-22-6-4-5-13-29-22/h4-6,9-14,16,23,25-26,30H,2-3,7-8,15,17-18H2,1H3. The fourth-order valence-electron chi connectivity index (χ4n) is 5.44. The number of hydrogen-bond donors (Lipinski definition) is 1. The number of nitrogens with zero attached hydrogens (tertiary/aromatic N) is 1. The Morgan fingerprint density at radius 3 is 2.62 bits per heavy atom. The second-order valence-corrected chi connectivity index (χ2v) is 9.07. The van der Waals surface area contributed by atoms with Gasteiger partial charge in [0.1, 0.15) is 0 Å². The molecule has 0 bridgehead atoms. The summed E-state index contributed by atoms with van der Waals surface area (Å²) in [6.07, 6.45) is 8.72. The van der Waals surface area contributed by atoms with Crippen molar-refractivity contribution >= 4 is 0 Å². The van der Waals surface area contributed by atoms with Crippen LogP contribution in [-0.4, -0.2) is 23.3 Å². The Balaban J connectivity index is 1.50. The minimum absolute atomic E-state index is 0.0742. The highest BCUT2D eigenvalue weighted by molar-refractivity contribution is 5.49. The van der Waals surface area contributed by atoms with Gasteiger partial charge in [-0.15, -0.1) is 0 Å². The molecule has 4 nitrogen and oxygen atoms in total. The molecular weight excluding hydrogens is 398 g/mol. The number of aliphatic hydroxyl groups is 1. The summed E-state index contributed by atoms with van der Waals surface area (Å²) < 4.78 is 12.0. The van der Waals surface area contributed by atoms with Crippen LogP contribution in [0.25, 0.3) is 0 Å². The van der Waals surface area contributed by atoms with E-state index in [1.807, 2.05) is 12.3 Å². The number of hydrogen-bond acceptors (Lipinski definition) is 4. The molecule has 2 aromatic carbocycles. The van der Waals surface area contributed by atoms with Crippen LogP contribution < -0.4 is 9.47 Å². The molecule has 2 atom stereocenters. The molecule has 166 valence electrons. The van der Waals surface area contributed by atoms with Gasteiger partial charge in [-0.05, 0) is 96.9 Å². The number of fused-ring (bicyclic) bond motifs is 1. The average Bonchev–Trinajstić information content (AvgIpc) is 3.47. The fraction of sp³-hybridized carbons (Fsp3) is 0.393. The molecule has 5 rings (SSSR count). The van der Waals surface area contributed by atoms with Crippen LogP contribution in [0.4, 0.5) is 0 Å². The summed E-state index contributed by atoms with van der Waals surface area (Å²) in [5.74, 6) is 2.33. The monoisotopic (exact) mass is 429 g/mol. The van der Waals surface area contributed by atoms with Crippen molar-refractivity contribution in [1.82, 2.24) is 4.98 Å². The minimum atomic E-state index is 0.0742. The quantitative estimate of drug-likeness (QED) is 0.533. The molecule has 2 aliphatic carbocycles. The second-order valence-electron chi connectivity index (χ2n) is 9.07. The molecule has 1 heterocycles. The lowest BCUT2D eigenvalue weighted by Gasteiger charge is -2.23. The highest BCUT2D eigenvalue weighted by Gasteiger charge is 2.34. The van der Waals surface area contributed by atoms with Gasteiger partial charge in [0.05, 0.1) is 19.8 Å². The number of pyridine rings is 1. The van der Waals surface area contributed by atoms with Crippen LogP contribution in [0.2, 0.25) is 0 Å². The van der Waals surface area contributed by atoms with Gasteiger partial charge < -0.3 is 14.6 Å². The van der Waals surface area contributed by atoms with Crippen molar-refractivity contribution in [3.8, 4) is 11.5 Å². The van der Waals surface area contributed by atoms with Gasteiger partial charge in [0.15, 0.2) is 11.5 Å². The Bertz CT molecular complexity index is 1060. The molecular formula is C28H31NO3. The molecule has 0 spiro atoms. The predicted molar refractivity (Wildman–Crippen MR) is 125 cm³/mol. The molecule has 1 N–H and O–H groups in total. The van der Waals surface area contributed by atoms with Gasteiger partial charge in [-0.2, -0.15) is 0 Å².